The zero-order chi connectivity index (χ0) is 12.7. The van der Waals surface area contributed by atoms with Crippen molar-refractivity contribution in [2.75, 3.05) is 18.0 Å². The Kier molecular flexibility index (Phi) is 5.91. The summed E-state index contributed by atoms with van der Waals surface area (Å²) in [7, 11) is 0. The normalized spacial score (nSPS) is 10.9. The predicted molar refractivity (Wildman–Crippen MR) is 72.2 cm³/mol. The van der Waals surface area contributed by atoms with Crippen LogP contribution in [0.2, 0.25) is 0 Å². The third-order valence-corrected chi connectivity index (χ3v) is 2.63. The van der Waals surface area contributed by atoms with Gasteiger partial charge in [0.1, 0.15) is 5.82 Å². The van der Waals surface area contributed by atoms with Crippen molar-refractivity contribution < 1.29 is 0 Å². The van der Waals surface area contributed by atoms with E-state index < -0.39 is 0 Å². The maximum Gasteiger partial charge on any atom is 0.147 e. The van der Waals surface area contributed by atoms with Gasteiger partial charge in [0.15, 0.2) is 0 Å². The molecule has 0 aliphatic heterocycles. The quantitative estimate of drug-likeness (QED) is 0.788. The SMILES string of the molecule is CCCN(c1cnc(CNCC)cn1)C(C)C. The van der Waals surface area contributed by atoms with E-state index in [0.29, 0.717) is 6.04 Å². The highest BCUT2D eigenvalue weighted by molar-refractivity contribution is 5.36. The Morgan fingerprint density at radius 3 is 2.47 bits per heavy atom. The Bertz CT molecular complexity index is 308. The number of rotatable bonds is 7. The van der Waals surface area contributed by atoms with Crippen LogP contribution in [0.3, 0.4) is 0 Å². The first-order chi connectivity index (χ1) is 8.19. The molecular weight excluding hydrogens is 212 g/mol. The van der Waals surface area contributed by atoms with E-state index in [9.17, 15) is 0 Å². The molecule has 1 aromatic heterocycles. The molecule has 1 heterocycles. The van der Waals surface area contributed by atoms with Crippen molar-refractivity contribution in [2.24, 2.45) is 0 Å². The molecule has 0 saturated heterocycles. The van der Waals surface area contributed by atoms with E-state index in [1.165, 1.54) is 0 Å². The Morgan fingerprint density at radius 1 is 1.24 bits per heavy atom. The van der Waals surface area contributed by atoms with Gasteiger partial charge in [0.05, 0.1) is 18.1 Å². The standard InChI is InChI=1S/C13H24N4/c1-5-7-17(11(3)4)13-10-15-12(9-16-13)8-14-6-2/h9-11,14H,5-8H2,1-4H3. The number of hydrogen-bond donors (Lipinski definition) is 1. The molecule has 0 radical (unpaired) electrons. The Hall–Kier alpha value is -1.16. The summed E-state index contributed by atoms with van der Waals surface area (Å²) in [6.45, 7) is 11.4. The molecule has 0 unspecified atom stereocenters. The molecule has 0 amide bonds. The van der Waals surface area contributed by atoms with Gasteiger partial charge in [-0.3, -0.25) is 4.98 Å². The van der Waals surface area contributed by atoms with Crippen LogP contribution in [0.5, 0.6) is 0 Å². The summed E-state index contributed by atoms with van der Waals surface area (Å²) >= 11 is 0. The largest absolute Gasteiger partial charge is 0.353 e. The summed E-state index contributed by atoms with van der Waals surface area (Å²) in [5.41, 5.74) is 0.996. The lowest BCUT2D eigenvalue weighted by Crippen LogP contribution is -2.32. The first-order valence-corrected chi connectivity index (χ1v) is 6.47. The molecule has 0 aromatic carbocycles. The molecule has 96 valence electrons. The van der Waals surface area contributed by atoms with Gasteiger partial charge in [-0.1, -0.05) is 13.8 Å². The van der Waals surface area contributed by atoms with Crippen LogP contribution in [0, 0.1) is 0 Å². The van der Waals surface area contributed by atoms with Crippen molar-refractivity contribution in [3.63, 3.8) is 0 Å². The maximum absolute atomic E-state index is 4.50. The molecule has 17 heavy (non-hydrogen) atoms. The van der Waals surface area contributed by atoms with E-state index >= 15 is 0 Å². The first-order valence-electron chi connectivity index (χ1n) is 6.47. The number of hydrogen-bond acceptors (Lipinski definition) is 4. The zero-order valence-electron chi connectivity index (χ0n) is 11.4. The van der Waals surface area contributed by atoms with Gasteiger partial charge >= 0.3 is 0 Å². The van der Waals surface area contributed by atoms with Gasteiger partial charge in [-0.05, 0) is 26.8 Å². The summed E-state index contributed by atoms with van der Waals surface area (Å²) in [5, 5.41) is 3.25. The summed E-state index contributed by atoms with van der Waals surface area (Å²) in [6, 6.07) is 0.462. The molecule has 0 atom stereocenters. The van der Waals surface area contributed by atoms with Gasteiger partial charge in [-0.15, -0.1) is 0 Å². The second kappa shape index (κ2) is 7.22. The fourth-order valence-corrected chi connectivity index (χ4v) is 1.72. The van der Waals surface area contributed by atoms with Crippen LogP contribution in [-0.4, -0.2) is 29.1 Å². The van der Waals surface area contributed by atoms with Crippen LogP contribution >= 0.6 is 0 Å². The maximum atomic E-state index is 4.50. The predicted octanol–water partition coefficient (Wildman–Crippen LogP) is 2.21. The minimum Gasteiger partial charge on any atom is -0.353 e. The number of nitrogens with zero attached hydrogens (tertiary/aromatic N) is 3. The molecule has 0 aliphatic rings. The Morgan fingerprint density at radius 2 is 2.00 bits per heavy atom. The van der Waals surface area contributed by atoms with Crippen LogP contribution < -0.4 is 10.2 Å². The van der Waals surface area contributed by atoms with Crippen molar-refractivity contribution in [2.45, 2.75) is 46.7 Å². The Balaban J connectivity index is 2.70. The fraction of sp³-hybridized carbons (Fsp3) is 0.692. The highest BCUT2D eigenvalue weighted by Gasteiger charge is 2.10. The van der Waals surface area contributed by atoms with E-state index in [0.717, 1.165) is 37.6 Å². The van der Waals surface area contributed by atoms with Crippen molar-refractivity contribution in [1.29, 1.82) is 0 Å². The van der Waals surface area contributed by atoms with Crippen LogP contribution in [0.25, 0.3) is 0 Å². The van der Waals surface area contributed by atoms with Gasteiger partial charge < -0.3 is 10.2 Å². The van der Waals surface area contributed by atoms with Gasteiger partial charge in [0, 0.05) is 19.1 Å². The smallest absolute Gasteiger partial charge is 0.147 e. The molecule has 0 bridgehead atoms. The van der Waals surface area contributed by atoms with Gasteiger partial charge in [-0.2, -0.15) is 0 Å². The molecule has 0 aliphatic carbocycles. The lowest BCUT2D eigenvalue weighted by Gasteiger charge is -2.27. The molecule has 0 saturated carbocycles. The summed E-state index contributed by atoms with van der Waals surface area (Å²) in [4.78, 5) is 11.2. The second-order valence-corrected chi connectivity index (χ2v) is 4.43. The number of aromatic nitrogens is 2. The van der Waals surface area contributed by atoms with Crippen molar-refractivity contribution >= 4 is 5.82 Å². The average molecular weight is 236 g/mol. The minimum absolute atomic E-state index is 0.462. The lowest BCUT2D eigenvalue weighted by molar-refractivity contribution is 0.656. The Labute approximate surface area is 104 Å². The lowest BCUT2D eigenvalue weighted by atomic mass is 10.3. The van der Waals surface area contributed by atoms with E-state index in [2.05, 4.69) is 47.9 Å². The summed E-state index contributed by atoms with van der Waals surface area (Å²) < 4.78 is 0. The molecule has 1 aromatic rings. The van der Waals surface area contributed by atoms with Crippen LogP contribution in [-0.2, 0) is 6.54 Å². The van der Waals surface area contributed by atoms with Crippen LogP contribution in [0.15, 0.2) is 12.4 Å². The number of anilines is 1. The number of nitrogens with one attached hydrogen (secondary N) is 1. The van der Waals surface area contributed by atoms with Crippen LogP contribution in [0.4, 0.5) is 5.82 Å². The highest BCUT2D eigenvalue weighted by Crippen LogP contribution is 2.13. The topological polar surface area (TPSA) is 41.1 Å². The van der Waals surface area contributed by atoms with Gasteiger partial charge in [0.25, 0.3) is 0 Å². The van der Waals surface area contributed by atoms with Crippen molar-refractivity contribution in [1.82, 2.24) is 15.3 Å². The highest BCUT2D eigenvalue weighted by atomic mass is 15.2. The van der Waals surface area contributed by atoms with Crippen molar-refractivity contribution in [3.05, 3.63) is 18.1 Å². The zero-order valence-corrected chi connectivity index (χ0v) is 11.4. The molecule has 1 N–H and O–H groups in total. The van der Waals surface area contributed by atoms with Crippen molar-refractivity contribution in [3.8, 4) is 0 Å². The molecular formula is C13H24N4. The molecule has 4 nitrogen and oxygen atoms in total. The second-order valence-electron chi connectivity index (χ2n) is 4.43. The third kappa shape index (κ3) is 4.30. The van der Waals surface area contributed by atoms with Gasteiger partial charge in [0.2, 0.25) is 0 Å². The van der Waals surface area contributed by atoms with E-state index in [-0.39, 0.29) is 0 Å². The van der Waals surface area contributed by atoms with E-state index in [1.54, 1.807) is 0 Å². The fourth-order valence-electron chi connectivity index (χ4n) is 1.72. The van der Waals surface area contributed by atoms with Gasteiger partial charge in [-0.25, -0.2) is 4.98 Å². The molecule has 4 heteroatoms. The van der Waals surface area contributed by atoms with Crippen LogP contribution in [0.1, 0.15) is 39.8 Å². The monoisotopic (exact) mass is 236 g/mol. The van der Waals surface area contributed by atoms with E-state index in [1.807, 2.05) is 12.4 Å². The average Bonchev–Trinajstić information content (AvgIpc) is 2.34. The summed E-state index contributed by atoms with van der Waals surface area (Å²) in [6.07, 6.45) is 4.87. The minimum atomic E-state index is 0.462. The first kappa shape index (κ1) is 13.9. The molecule has 0 fully saturated rings. The molecule has 1 rings (SSSR count). The third-order valence-electron chi connectivity index (χ3n) is 2.63. The van der Waals surface area contributed by atoms with E-state index in [4.69, 9.17) is 0 Å². The summed E-state index contributed by atoms with van der Waals surface area (Å²) in [5.74, 6) is 0.974. The molecule has 0 spiro atoms.